The first kappa shape index (κ1) is 20.2. The summed E-state index contributed by atoms with van der Waals surface area (Å²) in [5.74, 6) is -0.0260. The maximum Gasteiger partial charge on any atom is 0.321 e. The Hall–Kier alpha value is -3.55. The largest absolute Gasteiger partial charge is 0.336 e. The molecule has 0 aromatic heterocycles. The van der Waals surface area contributed by atoms with Gasteiger partial charge in [-0.3, -0.25) is 9.69 Å². The molecular formula is C21H25N5O3. The standard InChI is InChI=1S/C21H25N5O3/c1-2-5-19(27)24-16-7-3-6-15(12-16)14-23-20(28)25-17-8-4-9-18(13-17)26-11-10-22-21(26)29/h3-4,6-9,12-13H,2,5,10-11,14H2,1H3,(H,22,29)(H,24,27)(H2,23,25,28). The molecule has 0 bridgehead atoms. The van der Waals surface area contributed by atoms with Crippen molar-refractivity contribution in [2.45, 2.75) is 26.3 Å². The summed E-state index contributed by atoms with van der Waals surface area (Å²) in [4.78, 5) is 37.4. The molecule has 0 saturated carbocycles. The highest BCUT2D eigenvalue weighted by atomic mass is 16.2. The summed E-state index contributed by atoms with van der Waals surface area (Å²) in [7, 11) is 0. The van der Waals surface area contributed by atoms with Crippen LogP contribution in [0, 0.1) is 0 Å². The van der Waals surface area contributed by atoms with Crippen LogP contribution >= 0.6 is 0 Å². The van der Waals surface area contributed by atoms with E-state index in [1.807, 2.05) is 37.3 Å². The molecule has 1 aliphatic rings. The van der Waals surface area contributed by atoms with Gasteiger partial charge in [0.1, 0.15) is 0 Å². The lowest BCUT2D eigenvalue weighted by Crippen LogP contribution is -2.29. The molecule has 0 aliphatic carbocycles. The first-order valence-electron chi connectivity index (χ1n) is 9.64. The van der Waals surface area contributed by atoms with Crippen LogP contribution in [0.1, 0.15) is 25.3 Å². The summed E-state index contributed by atoms with van der Waals surface area (Å²) in [6.45, 7) is 3.47. The molecule has 3 rings (SSSR count). The van der Waals surface area contributed by atoms with E-state index < -0.39 is 0 Å². The molecule has 0 spiro atoms. The number of urea groups is 2. The second-order valence-corrected chi connectivity index (χ2v) is 6.74. The van der Waals surface area contributed by atoms with Crippen molar-refractivity contribution in [2.24, 2.45) is 0 Å². The quantitative estimate of drug-likeness (QED) is 0.578. The van der Waals surface area contributed by atoms with E-state index in [1.54, 1.807) is 23.1 Å². The summed E-state index contributed by atoms with van der Waals surface area (Å²) in [5.41, 5.74) is 2.91. The van der Waals surface area contributed by atoms with Crippen LogP contribution in [0.3, 0.4) is 0 Å². The lowest BCUT2D eigenvalue weighted by atomic mass is 10.2. The van der Waals surface area contributed by atoms with Crippen molar-refractivity contribution in [1.29, 1.82) is 0 Å². The zero-order valence-corrected chi connectivity index (χ0v) is 16.3. The van der Waals surface area contributed by atoms with Crippen molar-refractivity contribution >= 4 is 35.0 Å². The van der Waals surface area contributed by atoms with Gasteiger partial charge in [0.25, 0.3) is 0 Å². The predicted octanol–water partition coefficient (Wildman–Crippen LogP) is 3.28. The lowest BCUT2D eigenvalue weighted by molar-refractivity contribution is -0.116. The van der Waals surface area contributed by atoms with Gasteiger partial charge < -0.3 is 21.3 Å². The molecule has 1 heterocycles. The van der Waals surface area contributed by atoms with Crippen LogP contribution < -0.4 is 26.2 Å². The fourth-order valence-electron chi connectivity index (χ4n) is 3.04. The van der Waals surface area contributed by atoms with E-state index in [4.69, 9.17) is 0 Å². The van der Waals surface area contributed by atoms with E-state index in [2.05, 4.69) is 21.3 Å². The van der Waals surface area contributed by atoms with Gasteiger partial charge in [-0.05, 0) is 42.3 Å². The monoisotopic (exact) mass is 395 g/mol. The Balaban J connectivity index is 1.54. The molecule has 8 heteroatoms. The summed E-state index contributed by atoms with van der Waals surface area (Å²) in [6, 6.07) is 14.0. The Morgan fingerprint density at radius 3 is 2.55 bits per heavy atom. The van der Waals surface area contributed by atoms with Gasteiger partial charge in [0, 0.05) is 43.1 Å². The van der Waals surface area contributed by atoms with E-state index in [-0.39, 0.29) is 18.0 Å². The molecule has 1 fully saturated rings. The zero-order chi connectivity index (χ0) is 20.6. The third-order valence-corrected chi connectivity index (χ3v) is 4.41. The number of amides is 5. The van der Waals surface area contributed by atoms with E-state index in [0.29, 0.717) is 37.4 Å². The number of nitrogens with one attached hydrogen (secondary N) is 4. The van der Waals surface area contributed by atoms with E-state index >= 15 is 0 Å². The van der Waals surface area contributed by atoms with Crippen molar-refractivity contribution in [3.63, 3.8) is 0 Å². The normalized spacial score (nSPS) is 13.0. The minimum absolute atomic E-state index is 0.0260. The first-order valence-corrected chi connectivity index (χ1v) is 9.64. The summed E-state index contributed by atoms with van der Waals surface area (Å²) < 4.78 is 0. The highest BCUT2D eigenvalue weighted by molar-refractivity contribution is 5.96. The molecule has 2 aromatic carbocycles. The second-order valence-electron chi connectivity index (χ2n) is 6.74. The Kier molecular flexibility index (Phi) is 6.67. The lowest BCUT2D eigenvalue weighted by Gasteiger charge is -2.15. The molecule has 152 valence electrons. The average molecular weight is 395 g/mol. The maximum atomic E-state index is 12.2. The van der Waals surface area contributed by atoms with Crippen LogP contribution in [0.5, 0.6) is 0 Å². The van der Waals surface area contributed by atoms with Crippen molar-refractivity contribution in [2.75, 3.05) is 28.6 Å². The highest BCUT2D eigenvalue weighted by Crippen LogP contribution is 2.21. The van der Waals surface area contributed by atoms with Crippen LogP contribution in [0.4, 0.5) is 26.7 Å². The number of benzene rings is 2. The van der Waals surface area contributed by atoms with Crippen molar-refractivity contribution in [3.8, 4) is 0 Å². The maximum absolute atomic E-state index is 12.2. The van der Waals surface area contributed by atoms with Gasteiger partial charge in [-0.15, -0.1) is 0 Å². The number of rotatable bonds is 7. The van der Waals surface area contributed by atoms with Crippen LogP contribution in [0.2, 0.25) is 0 Å². The smallest absolute Gasteiger partial charge is 0.321 e. The Bertz CT molecular complexity index is 899. The van der Waals surface area contributed by atoms with Crippen molar-refractivity contribution < 1.29 is 14.4 Å². The minimum Gasteiger partial charge on any atom is -0.336 e. The van der Waals surface area contributed by atoms with Gasteiger partial charge in [-0.25, -0.2) is 9.59 Å². The highest BCUT2D eigenvalue weighted by Gasteiger charge is 2.21. The molecule has 1 saturated heterocycles. The Morgan fingerprint density at radius 2 is 1.83 bits per heavy atom. The van der Waals surface area contributed by atoms with Gasteiger partial charge in [0.2, 0.25) is 5.91 Å². The van der Waals surface area contributed by atoms with Crippen LogP contribution in [-0.4, -0.2) is 31.1 Å². The average Bonchev–Trinajstić information content (AvgIpc) is 3.13. The van der Waals surface area contributed by atoms with E-state index in [9.17, 15) is 14.4 Å². The minimum atomic E-state index is -0.353. The Morgan fingerprint density at radius 1 is 1.07 bits per heavy atom. The zero-order valence-electron chi connectivity index (χ0n) is 16.3. The molecule has 8 nitrogen and oxygen atoms in total. The number of carbonyl (C=O) groups excluding carboxylic acids is 3. The van der Waals surface area contributed by atoms with Gasteiger partial charge >= 0.3 is 12.1 Å². The molecule has 1 aliphatic heterocycles. The third kappa shape index (κ3) is 5.71. The number of hydrogen-bond acceptors (Lipinski definition) is 3. The van der Waals surface area contributed by atoms with Crippen LogP contribution in [-0.2, 0) is 11.3 Å². The fraction of sp³-hybridized carbons (Fsp3) is 0.286. The van der Waals surface area contributed by atoms with Gasteiger partial charge in [0.05, 0.1) is 0 Å². The predicted molar refractivity (Wildman–Crippen MR) is 113 cm³/mol. The summed E-state index contributed by atoms with van der Waals surface area (Å²) in [6.07, 6.45) is 1.26. The third-order valence-electron chi connectivity index (χ3n) is 4.41. The van der Waals surface area contributed by atoms with Crippen molar-refractivity contribution in [3.05, 3.63) is 54.1 Å². The number of carbonyl (C=O) groups is 3. The molecule has 2 aromatic rings. The number of nitrogens with zero attached hydrogens (tertiary/aromatic N) is 1. The molecule has 5 amide bonds. The molecule has 0 unspecified atom stereocenters. The molecule has 4 N–H and O–H groups in total. The van der Waals surface area contributed by atoms with Gasteiger partial charge in [-0.1, -0.05) is 25.1 Å². The number of hydrogen-bond donors (Lipinski definition) is 4. The first-order chi connectivity index (χ1) is 14.0. The summed E-state index contributed by atoms with van der Waals surface area (Å²) in [5, 5.41) is 11.2. The molecule has 29 heavy (non-hydrogen) atoms. The van der Waals surface area contributed by atoms with E-state index in [1.165, 1.54) is 0 Å². The fourth-order valence-corrected chi connectivity index (χ4v) is 3.04. The topological polar surface area (TPSA) is 103 Å². The van der Waals surface area contributed by atoms with Crippen molar-refractivity contribution in [1.82, 2.24) is 10.6 Å². The van der Waals surface area contributed by atoms with Crippen LogP contribution in [0.25, 0.3) is 0 Å². The van der Waals surface area contributed by atoms with E-state index in [0.717, 1.165) is 17.7 Å². The molecular weight excluding hydrogens is 370 g/mol. The van der Waals surface area contributed by atoms with Gasteiger partial charge in [-0.2, -0.15) is 0 Å². The molecule has 0 atom stereocenters. The molecule has 0 radical (unpaired) electrons. The van der Waals surface area contributed by atoms with Gasteiger partial charge in [0.15, 0.2) is 0 Å². The number of anilines is 3. The van der Waals surface area contributed by atoms with Crippen LogP contribution in [0.15, 0.2) is 48.5 Å². The Labute approximate surface area is 169 Å². The SMILES string of the molecule is CCCC(=O)Nc1cccc(CNC(=O)Nc2cccc(N3CCNC3=O)c2)c1. The second kappa shape index (κ2) is 9.59. The summed E-state index contributed by atoms with van der Waals surface area (Å²) >= 11 is 0.